The second-order valence-electron chi connectivity index (χ2n) is 9.52. The zero-order chi connectivity index (χ0) is 27.9. The number of hydrogen-bond acceptors (Lipinski definition) is 9. The Labute approximate surface area is 228 Å². The molecular weight excluding hydrogens is 494 g/mol. The fourth-order valence-corrected chi connectivity index (χ4v) is 4.67. The molecule has 0 unspecified atom stereocenters. The minimum Gasteiger partial charge on any atom is -0.494 e. The molecule has 0 radical (unpaired) electrons. The van der Waals surface area contributed by atoms with Crippen molar-refractivity contribution in [2.75, 3.05) is 55.9 Å². The van der Waals surface area contributed by atoms with Gasteiger partial charge in [-0.15, -0.1) is 0 Å². The van der Waals surface area contributed by atoms with Crippen LogP contribution < -0.4 is 31.5 Å². The van der Waals surface area contributed by atoms with Gasteiger partial charge in [0.15, 0.2) is 0 Å². The van der Waals surface area contributed by atoms with Gasteiger partial charge in [0, 0.05) is 50.3 Å². The summed E-state index contributed by atoms with van der Waals surface area (Å²) in [5.74, 6) is 6.43. The van der Waals surface area contributed by atoms with Crippen molar-refractivity contribution in [2.24, 2.45) is 12.9 Å². The molecule has 1 amide bonds. The Kier molecular flexibility index (Phi) is 8.84. The summed E-state index contributed by atoms with van der Waals surface area (Å²) in [5.41, 5.74) is 6.54. The van der Waals surface area contributed by atoms with Crippen LogP contribution >= 0.6 is 0 Å². The zero-order valence-electron chi connectivity index (χ0n) is 22.8. The van der Waals surface area contributed by atoms with Crippen LogP contribution in [0.4, 0.5) is 17.1 Å². The number of rotatable bonds is 12. The van der Waals surface area contributed by atoms with Gasteiger partial charge in [-0.3, -0.25) is 9.48 Å². The lowest BCUT2D eigenvalue weighted by Crippen LogP contribution is -2.32. The van der Waals surface area contributed by atoms with E-state index in [9.17, 15) is 4.79 Å². The third-order valence-corrected chi connectivity index (χ3v) is 6.89. The molecule has 11 heteroatoms. The number of ether oxygens (including phenoxy) is 1. The number of nitrogens with zero attached hydrogens (tertiary/aromatic N) is 4. The van der Waals surface area contributed by atoms with Gasteiger partial charge in [0.25, 0.3) is 0 Å². The van der Waals surface area contributed by atoms with Crippen LogP contribution in [0, 0.1) is 5.41 Å². The molecule has 1 saturated heterocycles. The van der Waals surface area contributed by atoms with E-state index < -0.39 is 0 Å². The van der Waals surface area contributed by atoms with Gasteiger partial charge in [-0.1, -0.05) is 12.6 Å². The van der Waals surface area contributed by atoms with Gasteiger partial charge >= 0.3 is 0 Å². The highest BCUT2D eigenvalue weighted by Gasteiger charge is 2.18. The van der Waals surface area contributed by atoms with Crippen molar-refractivity contribution in [1.82, 2.24) is 20.1 Å². The van der Waals surface area contributed by atoms with Crippen LogP contribution in [0.5, 0.6) is 5.75 Å². The number of aromatic nitrogens is 2. The fraction of sp³-hybridized carbons (Fsp3) is 0.321. The summed E-state index contributed by atoms with van der Waals surface area (Å²) in [5, 5.41) is 19.9. The van der Waals surface area contributed by atoms with Gasteiger partial charge < -0.3 is 36.0 Å². The number of hydrogen-bond donors (Lipinski definition) is 5. The molecular formula is C28H37N9O2. The van der Waals surface area contributed by atoms with Gasteiger partial charge in [-0.25, -0.2) is 5.84 Å². The number of likely N-dealkylation sites (tertiary alicyclic amines) is 1. The van der Waals surface area contributed by atoms with Crippen molar-refractivity contribution in [1.29, 1.82) is 5.41 Å². The Morgan fingerprint density at radius 3 is 2.69 bits per heavy atom. The Hall–Kier alpha value is -4.35. The molecule has 1 aliphatic heterocycles. The van der Waals surface area contributed by atoms with Crippen LogP contribution in [0.1, 0.15) is 18.4 Å². The molecule has 1 aromatic heterocycles. The molecule has 3 aromatic rings. The smallest absolute Gasteiger partial charge is 0.247 e. The molecule has 0 spiro atoms. The molecule has 0 aliphatic carbocycles. The van der Waals surface area contributed by atoms with Crippen molar-refractivity contribution < 1.29 is 9.53 Å². The third-order valence-electron chi connectivity index (χ3n) is 6.89. The van der Waals surface area contributed by atoms with Crippen molar-refractivity contribution in [3.05, 3.63) is 66.6 Å². The van der Waals surface area contributed by atoms with Gasteiger partial charge in [0.1, 0.15) is 11.6 Å². The topological polar surface area (TPSA) is 137 Å². The fourth-order valence-electron chi connectivity index (χ4n) is 4.67. The molecule has 0 bridgehead atoms. The third kappa shape index (κ3) is 6.57. The second kappa shape index (κ2) is 12.5. The monoisotopic (exact) mass is 531 g/mol. The molecule has 2 heterocycles. The van der Waals surface area contributed by atoms with E-state index >= 15 is 0 Å². The highest BCUT2D eigenvalue weighted by molar-refractivity contribution is 6.09. The Balaban J connectivity index is 1.60. The predicted octanol–water partition coefficient (Wildman–Crippen LogP) is 3.02. The van der Waals surface area contributed by atoms with Crippen LogP contribution in [0.15, 0.2) is 61.1 Å². The van der Waals surface area contributed by atoms with E-state index in [2.05, 4.69) is 37.5 Å². The average Bonchev–Trinajstić information content (AvgIpc) is 3.60. The number of hydrazine groups is 1. The quantitative estimate of drug-likeness (QED) is 0.104. The molecule has 11 nitrogen and oxygen atoms in total. The number of benzene rings is 2. The number of allylic oxidation sites excluding steroid dienone is 1. The summed E-state index contributed by atoms with van der Waals surface area (Å²) in [7, 11) is 5.46. The molecule has 4 rings (SSSR count). The first-order chi connectivity index (χ1) is 18.8. The standard InChI is InChI=1S/C28H37N9O2/c1-5-28(38)33-22-16-23(26(39-4)17-25(22)35(2)12-13-37-10-6-7-11-37)32-27(34-30)15-21(29)19-8-9-24-20(14-19)18-31-36(24)3/h5,8-9,14-18,29,32,34H,1,6-7,10-13,30H2,2-4H3,(H,33,38)/b27-15-,29-21?. The first-order valence-electron chi connectivity index (χ1n) is 12.9. The molecule has 2 aromatic carbocycles. The average molecular weight is 532 g/mol. The van der Waals surface area contributed by atoms with Crippen LogP contribution in [-0.4, -0.2) is 66.6 Å². The molecule has 0 saturated carbocycles. The maximum absolute atomic E-state index is 12.3. The van der Waals surface area contributed by atoms with Gasteiger partial charge in [-0.05, 0) is 50.2 Å². The van der Waals surface area contributed by atoms with Crippen LogP contribution in [0.25, 0.3) is 10.9 Å². The number of likely N-dealkylation sites (N-methyl/N-ethyl adjacent to an activating group) is 1. The molecule has 0 atom stereocenters. The molecule has 206 valence electrons. The maximum atomic E-state index is 12.3. The molecule has 39 heavy (non-hydrogen) atoms. The Bertz CT molecular complexity index is 1390. The summed E-state index contributed by atoms with van der Waals surface area (Å²) >= 11 is 0. The number of carbonyl (C=O) groups excluding carboxylic acids is 1. The van der Waals surface area contributed by atoms with Crippen molar-refractivity contribution in [2.45, 2.75) is 12.8 Å². The summed E-state index contributed by atoms with van der Waals surface area (Å²) in [6.07, 6.45) is 7.07. The van der Waals surface area contributed by atoms with E-state index in [1.54, 1.807) is 30.1 Å². The van der Waals surface area contributed by atoms with E-state index in [1.807, 2.05) is 38.4 Å². The lowest BCUT2D eigenvalue weighted by atomic mass is 10.1. The lowest BCUT2D eigenvalue weighted by Gasteiger charge is -2.27. The number of fused-ring (bicyclic) bond motifs is 1. The molecule has 1 fully saturated rings. The maximum Gasteiger partial charge on any atom is 0.247 e. The minimum absolute atomic E-state index is 0.249. The van der Waals surface area contributed by atoms with E-state index in [4.69, 9.17) is 16.0 Å². The number of anilines is 3. The largest absolute Gasteiger partial charge is 0.494 e. The highest BCUT2D eigenvalue weighted by atomic mass is 16.5. The Morgan fingerprint density at radius 2 is 2.00 bits per heavy atom. The van der Waals surface area contributed by atoms with Gasteiger partial charge in [0.2, 0.25) is 5.91 Å². The van der Waals surface area contributed by atoms with Crippen molar-refractivity contribution >= 4 is 39.6 Å². The number of amides is 1. The van der Waals surface area contributed by atoms with E-state index in [0.29, 0.717) is 28.5 Å². The van der Waals surface area contributed by atoms with Gasteiger partial charge in [0.05, 0.1) is 41.6 Å². The van der Waals surface area contributed by atoms with Crippen molar-refractivity contribution in [3.63, 3.8) is 0 Å². The first-order valence-corrected chi connectivity index (χ1v) is 12.9. The number of nitrogens with one attached hydrogen (secondary N) is 4. The van der Waals surface area contributed by atoms with E-state index in [-0.39, 0.29) is 11.6 Å². The second-order valence-corrected chi connectivity index (χ2v) is 9.52. The number of nitrogens with two attached hydrogens (primary N) is 1. The number of methoxy groups -OCH3 is 1. The minimum atomic E-state index is -0.319. The molecule has 6 N–H and O–H groups in total. The van der Waals surface area contributed by atoms with Crippen LogP contribution in [0.3, 0.4) is 0 Å². The summed E-state index contributed by atoms with van der Waals surface area (Å²) < 4.78 is 7.48. The summed E-state index contributed by atoms with van der Waals surface area (Å²) in [6.45, 7) is 7.54. The van der Waals surface area contributed by atoms with E-state index in [1.165, 1.54) is 18.9 Å². The van der Waals surface area contributed by atoms with Crippen LogP contribution in [-0.2, 0) is 11.8 Å². The number of aryl methyl sites for hydroxylation is 1. The van der Waals surface area contributed by atoms with Crippen LogP contribution in [0.2, 0.25) is 0 Å². The summed E-state index contributed by atoms with van der Waals surface area (Å²) in [6, 6.07) is 9.37. The first kappa shape index (κ1) is 27.7. The van der Waals surface area contributed by atoms with Gasteiger partial charge in [-0.2, -0.15) is 5.10 Å². The Morgan fingerprint density at radius 1 is 1.23 bits per heavy atom. The summed E-state index contributed by atoms with van der Waals surface area (Å²) in [4.78, 5) is 16.8. The predicted molar refractivity (Wildman–Crippen MR) is 157 cm³/mol. The lowest BCUT2D eigenvalue weighted by molar-refractivity contribution is -0.111. The number of carbonyl (C=O) groups is 1. The molecule has 1 aliphatic rings. The van der Waals surface area contributed by atoms with E-state index in [0.717, 1.165) is 42.8 Å². The highest BCUT2D eigenvalue weighted by Crippen LogP contribution is 2.37. The zero-order valence-corrected chi connectivity index (χ0v) is 22.8. The normalized spacial score (nSPS) is 13.8. The SMILES string of the molecule is C=CC(=O)Nc1cc(N/C(=C/C(=N)c2ccc3c(cnn3C)c2)NN)c(OC)cc1N(C)CCN1CCCC1. The van der Waals surface area contributed by atoms with Crippen molar-refractivity contribution in [3.8, 4) is 5.75 Å².